The van der Waals surface area contributed by atoms with E-state index in [1.807, 2.05) is 6.07 Å². The van der Waals surface area contributed by atoms with E-state index in [0.29, 0.717) is 16.6 Å². The molecule has 4 aromatic rings. The number of hydrogen-bond donors (Lipinski definition) is 4. The third kappa shape index (κ3) is 5.08. The molecule has 1 aliphatic carbocycles. The molecular weight excluding hydrogens is 495 g/mol. The van der Waals surface area contributed by atoms with E-state index in [2.05, 4.69) is 58.3 Å². The Labute approximate surface area is 219 Å². The average Bonchev–Trinajstić information content (AvgIpc) is 3.57. The predicted molar refractivity (Wildman–Crippen MR) is 144 cm³/mol. The van der Waals surface area contributed by atoms with Crippen molar-refractivity contribution in [2.24, 2.45) is 0 Å². The van der Waals surface area contributed by atoms with Crippen LogP contribution in [0.3, 0.4) is 0 Å². The summed E-state index contributed by atoms with van der Waals surface area (Å²) in [7, 11) is 0. The normalized spacial score (nSPS) is 15.3. The van der Waals surface area contributed by atoms with Gasteiger partial charge in [0.15, 0.2) is 0 Å². The number of H-pyrrole nitrogens is 2. The second-order valence-electron chi connectivity index (χ2n) is 9.33. The van der Waals surface area contributed by atoms with Crippen molar-refractivity contribution in [3.63, 3.8) is 0 Å². The Morgan fingerprint density at radius 2 is 2.06 bits per heavy atom. The molecule has 4 N–H and O–H groups in total. The van der Waals surface area contributed by atoms with E-state index in [1.54, 1.807) is 17.8 Å². The number of aromatic nitrogens is 2. The Morgan fingerprint density at radius 1 is 1.19 bits per heavy atom. The van der Waals surface area contributed by atoms with Gasteiger partial charge in [0.25, 0.3) is 5.91 Å². The highest BCUT2D eigenvalue weighted by Gasteiger charge is 2.29. The largest absolute Gasteiger partial charge is 0.361 e. The molecule has 2 aromatic carbocycles. The molecule has 1 amide bonds. The van der Waals surface area contributed by atoms with Crippen LogP contribution in [0.5, 0.6) is 0 Å². The number of hydroxylamine groups is 1. The van der Waals surface area contributed by atoms with E-state index >= 15 is 0 Å². The molecule has 0 spiro atoms. The van der Waals surface area contributed by atoms with Gasteiger partial charge in [-0.1, -0.05) is 53.5 Å². The van der Waals surface area contributed by atoms with E-state index in [9.17, 15) is 4.79 Å². The summed E-state index contributed by atoms with van der Waals surface area (Å²) in [6.45, 7) is 3.62. The summed E-state index contributed by atoms with van der Waals surface area (Å²) in [5.41, 5.74) is 9.73. The Hall–Kier alpha value is -3.03. The molecule has 0 saturated heterocycles. The molecule has 1 unspecified atom stereocenters. The van der Waals surface area contributed by atoms with Crippen LogP contribution in [0.25, 0.3) is 17.0 Å². The molecule has 2 heterocycles. The van der Waals surface area contributed by atoms with Crippen LogP contribution in [0.2, 0.25) is 10.0 Å². The van der Waals surface area contributed by atoms with Crippen molar-refractivity contribution in [3.8, 4) is 0 Å². The fourth-order valence-corrected chi connectivity index (χ4v) is 5.50. The monoisotopic (exact) mass is 522 g/mol. The maximum Gasteiger partial charge on any atom is 0.267 e. The Morgan fingerprint density at radius 3 is 2.83 bits per heavy atom. The molecular formula is C28H28Cl2N4O2. The lowest BCUT2D eigenvalue weighted by molar-refractivity contribution is -0.124. The number of nitrogens with zero attached hydrogens (tertiary/aromatic N) is 1. The van der Waals surface area contributed by atoms with E-state index in [-0.39, 0.29) is 6.04 Å². The molecule has 0 saturated carbocycles. The van der Waals surface area contributed by atoms with Crippen LogP contribution >= 0.6 is 23.2 Å². The molecule has 186 valence electrons. The van der Waals surface area contributed by atoms with Gasteiger partial charge in [-0.3, -0.25) is 14.9 Å². The highest BCUT2D eigenvalue weighted by Crippen LogP contribution is 2.38. The Kier molecular flexibility index (Phi) is 7.21. The molecule has 2 aromatic heterocycles. The van der Waals surface area contributed by atoms with Crippen LogP contribution in [-0.2, 0) is 24.2 Å². The number of aromatic amines is 2. The minimum absolute atomic E-state index is 0.240. The van der Waals surface area contributed by atoms with Crippen molar-refractivity contribution in [3.05, 3.63) is 98.4 Å². The van der Waals surface area contributed by atoms with Gasteiger partial charge < -0.3 is 9.97 Å². The molecule has 0 fully saturated rings. The van der Waals surface area contributed by atoms with Gasteiger partial charge in [-0.2, -0.15) is 0 Å². The first-order valence-corrected chi connectivity index (χ1v) is 12.8. The quantitative estimate of drug-likeness (QED) is 0.123. The third-order valence-corrected chi connectivity index (χ3v) is 7.82. The summed E-state index contributed by atoms with van der Waals surface area (Å²) in [6, 6.07) is 13.0. The lowest BCUT2D eigenvalue weighted by Crippen LogP contribution is -2.29. The van der Waals surface area contributed by atoms with E-state index in [1.165, 1.54) is 33.7 Å². The number of hydrogen-bond acceptors (Lipinski definition) is 3. The molecule has 6 nitrogen and oxygen atoms in total. The first-order chi connectivity index (χ1) is 17.4. The van der Waals surface area contributed by atoms with Crippen LogP contribution in [0.15, 0.2) is 54.9 Å². The molecule has 0 aliphatic heterocycles. The second kappa shape index (κ2) is 10.5. The van der Waals surface area contributed by atoms with Crippen molar-refractivity contribution in [1.82, 2.24) is 20.3 Å². The van der Waals surface area contributed by atoms with Gasteiger partial charge in [-0.05, 0) is 66.1 Å². The predicted octanol–water partition coefficient (Wildman–Crippen LogP) is 6.36. The summed E-state index contributed by atoms with van der Waals surface area (Å²) in [5.74, 6) is -0.548. The number of aryl methyl sites for hydroxylation is 2. The van der Waals surface area contributed by atoms with Crippen molar-refractivity contribution in [2.45, 2.75) is 38.8 Å². The average molecular weight is 523 g/mol. The standard InChI is InChI=1S/C28H28Cl2N4O2/c1-17-2-6-21-20(14-31-24(21)12-17)10-11-34(16-25-28(30)23(29)15-32-25)26-8-5-19-13-18(3-7-22(19)26)4-9-27(35)33-36/h2-4,6-7,9,12-15,26,31-32,36H,5,8,10-11,16H2,1H3,(H,33,35)/b9-4+. The van der Waals surface area contributed by atoms with Gasteiger partial charge in [-0.25, -0.2) is 5.48 Å². The lowest BCUT2D eigenvalue weighted by Gasteiger charge is -2.29. The van der Waals surface area contributed by atoms with Crippen LogP contribution in [0, 0.1) is 6.92 Å². The van der Waals surface area contributed by atoms with Gasteiger partial charge in [0, 0.05) is 54.2 Å². The highest BCUT2D eigenvalue weighted by atomic mass is 35.5. The minimum atomic E-state index is -0.548. The zero-order valence-corrected chi connectivity index (χ0v) is 21.5. The molecule has 8 heteroatoms. The van der Waals surface area contributed by atoms with Gasteiger partial charge in [0.1, 0.15) is 0 Å². The summed E-state index contributed by atoms with van der Waals surface area (Å²) < 4.78 is 0. The minimum Gasteiger partial charge on any atom is -0.361 e. The third-order valence-electron chi connectivity index (χ3n) is 6.99. The van der Waals surface area contributed by atoms with Gasteiger partial charge >= 0.3 is 0 Å². The molecule has 0 bridgehead atoms. The van der Waals surface area contributed by atoms with Crippen LogP contribution in [0.4, 0.5) is 0 Å². The topological polar surface area (TPSA) is 84.2 Å². The number of fused-ring (bicyclic) bond motifs is 2. The Balaban J connectivity index is 1.41. The summed E-state index contributed by atoms with van der Waals surface area (Å²) in [5, 5.41) is 11.1. The van der Waals surface area contributed by atoms with Crippen molar-refractivity contribution in [2.75, 3.05) is 6.54 Å². The molecule has 1 aliphatic rings. The van der Waals surface area contributed by atoms with E-state index in [0.717, 1.165) is 42.6 Å². The van der Waals surface area contributed by atoms with E-state index < -0.39 is 5.91 Å². The van der Waals surface area contributed by atoms with E-state index in [4.69, 9.17) is 28.4 Å². The first-order valence-electron chi connectivity index (χ1n) is 12.0. The number of nitrogens with one attached hydrogen (secondary N) is 3. The fourth-order valence-electron chi connectivity index (χ4n) is 5.16. The summed E-state index contributed by atoms with van der Waals surface area (Å²) >= 11 is 12.7. The first kappa shape index (κ1) is 24.7. The lowest BCUT2D eigenvalue weighted by atomic mass is 10.0. The zero-order valence-electron chi connectivity index (χ0n) is 19.9. The smallest absolute Gasteiger partial charge is 0.267 e. The number of benzene rings is 2. The van der Waals surface area contributed by atoms with Gasteiger partial charge in [-0.15, -0.1) is 0 Å². The van der Waals surface area contributed by atoms with Gasteiger partial charge in [0.2, 0.25) is 0 Å². The summed E-state index contributed by atoms with van der Waals surface area (Å²) in [6.07, 6.45) is 9.73. The maximum atomic E-state index is 11.4. The number of rotatable bonds is 8. The van der Waals surface area contributed by atoms with Crippen molar-refractivity contribution in [1.29, 1.82) is 0 Å². The molecule has 1 atom stereocenters. The van der Waals surface area contributed by atoms with Gasteiger partial charge in [0.05, 0.1) is 10.0 Å². The fraction of sp³-hybridized carbons (Fsp3) is 0.250. The van der Waals surface area contributed by atoms with Crippen LogP contribution in [0.1, 0.15) is 46.0 Å². The molecule has 5 rings (SSSR count). The molecule has 0 radical (unpaired) electrons. The second-order valence-corrected chi connectivity index (χ2v) is 10.1. The Bertz CT molecular complexity index is 1440. The van der Waals surface area contributed by atoms with Crippen LogP contribution < -0.4 is 5.48 Å². The van der Waals surface area contributed by atoms with Crippen LogP contribution in [-0.4, -0.2) is 32.5 Å². The maximum absolute atomic E-state index is 11.4. The SMILES string of the molecule is Cc1ccc2c(CCN(Cc3[nH]cc(Cl)c3Cl)C3CCc4cc(/C=C/C(=O)NO)ccc43)c[nH]c2c1. The summed E-state index contributed by atoms with van der Waals surface area (Å²) in [4.78, 5) is 20.5. The van der Waals surface area contributed by atoms with Crippen molar-refractivity contribution < 1.29 is 10.0 Å². The highest BCUT2D eigenvalue weighted by molar-refractivity contribution is 6.42. The zero-order chi connectivity index (χ0) is 25.2. The number of carbonyl (C=O) groups excluding carboxylic acids is 1. The number of halogens is 2. The van der Waals surface area contributed by atoms with Crippen molar-refractivity contribution >= 4 is 46.1 Å². The molecule has 36 heavy (non-hydrogen) atoms. The number of amides is 1. The number of carbonyl (C=O) groups is 1.